The van der Waals surface area contributed by atoms with Crippen LogP contribution < -0.4 is 18.9 Å². The van der Waals surface area contributed by atoms with Gasteiger partial charge in [0.25, 0.3) is 5.91 Å². The number of hydrogen-bond acceptors (Lipinski definition) is 13. The van der Waals surface area contributed by atoms with Gasteiger partial charge in [-0.2, -0.15) is 5.26 Å². The van der Waals surface area contributed by atoms with Gasteiger partial charge in [-0.15, -0.1) is 6.58 Å². The first kappa shape index (κ1) is 47.8. The van der Waals surface area contributed by atoms with Gasteiger partial charge in [0.1, 0.15) is 24.1 Å². The highest BCUT2D eigenvalue weighted by molar-refractivity contribution is 6.03. The average Bonchev–Trinajstić information content (AvgIpc) is 3.85. The molecule has 14 heteroatoms. The third-order valence-electron chi connectivity index (χ3n) is 14.1. The van der Waals surface area contributed by atoms with Crippen molar-refractivity contribution in [3.05, 3.63) is 137 Å². The molecule has 4 aromatic rings. The fraction of sp³-hybridized carbons (Fsp3) is 0.455. The summed E-state index contributed by atoms with van der Waals surface area (Å²) in [4.78, 5) is 28.4. The van der Waals surface area contributed by atoms with Crippen LogP contribution in [0.3, 0.4) is 0 Å². The van der Waals surface area contributed by atoms with Crippen molar-refractivity contribution in [2.24, 2.45) is 22.9 Å². The summed E-state index contributed by atoms with van der Waals surface area (Å²) in [5.41, 5.74) is 5.83. The molecule has 1 aromatic heterocycles. The van der Waals surface area contributed by atoms with Gasteiger partial charge in [-0.25, -0.2) is 0 Å². The molecule has 0 bridgehead atoms. The molecule has 1 amide bonds. The van der Waals surface area contributed by atoms with Crippen LogP contribution in [0.25, 0.3) is 0 Å². The number of carbonyl (C=O) groups is 1. The van der Waals surface area contributed by atoms with Gasteiger partial charge in [-0.3, -0.25) is 9.78 Å². The predicted molar refractivity (Wildman–Crippen MR) is 257 cm³/mol. The SMILES string of the molecule is C=CCO[C@@]12Oc3ccc(OCc4cccc(C)n4)cc3[C@H]3[C@H](CCCCO)[C@@H](CCCCO)C=C(C(=NOC4CCCCO4)C[C@@H]1N(Cc1ccc4c(c1)OCO4)C(=O)c1ccc(C#N)cc1)[C@H]32. The maximum atomic E-state index is 15.6. The molecular weight excluding hydrogens is 877 g/mol. The van der Waals surface area contributed by atoms with E-state index in [-0.39, 0.29) is 69.8 Å². The average molecular weight is 939 g/mol. The number of fused-ring (bicyclic) bond motifs is 3. The molecule has 1 saturated heterocycles. The van der Waals surface area contributed by atoms with Gasteiger partial charge in [0, 0.05) is 55.3 Å². The Morgan fingerprint density at radius 1 is 0.986 bits per heavy atom. The summed E-state index contributed by atoms with van der Waals surface area (Å²) < 4.78 is 38.8. The number of aliphatic hydroxyl groups is 2. The summed E-state index contributed by atoms with van der Waals surface area (Å²) in [5.74, 6) is -0.135. The van der Waals surface area contributed by atoms with E-state index in [4.69, 9.17) is 38.4 Å². The maximum Gasteiger partial charge on any atom is 0.254 e. The van der Waals surface area contributed by atoms with E-state index in [1.54, 1.807) is 30.3 Å². The summed E-state index contributed by atoms with van der Waals surface area (Å²) in [5, 5.41) is 34.9. The van der Waals surface area contributed by atoms with Crippen LogP contribution in [0.4, 0.5) is 0 Å². The van der Waals surface area contributed by atoms with E-state index in [2.05, 4.69) is 29.8 Å². The minimum atomic E-state index is -1.52. The summed E-state index contributed by atoms with van der Waals surface area (Å²) in [6, 6.07) is 25.5. The van der Waals surface area contributed by atoms with E-state index in [9.17, 15) is 15.5 Å². The molecule has 1 saturated carbocycles. The first-order valence-electron chi connectivity index (χ1n) is 24.4. The molecule has 2 N–H and O–H groups in total. The van der Waals surface area contributed by atoms with E-state index in [1.807, 2.05) is 60.4 Å². The molecule has 7 atom stereocenters. The van der Waals surface area contributed by atoms with Crippen LogP contribution in [0, 0.1) is 36.0 Å². The summed E-state index contributed by atoms with van der Waals surface area (Å²) >= 11 is 0. The molecule has 362 valence electrons. The molecule has 1 unspecified atom stereocenters. The third-order valence-corrected chi connectivity index (χ3v) is 14.1. The summed E-state index contributed by atoms with van der Waals surface area (Å²) in [7, 11) is 0. The Labute approximate surface area is 404 Å². The molecule has 2 fully saturated rings. The van der Waals surface area contributed by atoms with Crippen LogP contribution in [0.2, 0.25) is 0 Å². The molecule has 3 aliphatic heterocycles. The van der Waals surface area contributed by atoms with Crippen molar-refractivity contribution in [1.82, 2.24) is 9.88 Å². The van der Waals surface area contributed by atoms with Crippen molar-refractivity contribution < 1.29 is 48.3 Å². The number of unbranched alkanes of at least 4 members (excludes halogenated alkanes) is 2. The van der Waals surface area contributed by atoms with Crippen molar-refractivity contribution in [1.29, 1.82) is 5.26 Å². The number of aromatic nitrogens is 1. The first-order valence-corrected chi connectivity index (χ1v) is 24.4. The van der Waals surface area contributed by atoms with Gasteiger partial charge in [-0.05, 0) is 135 Å². The molecule has 4 heterocycles. The van der Waals surface area contributed by atoms with E-state index < -0.39 is 24.0 Å². The smallest absolute Gasteiger partial charge is 0.254 e. The number of aliphatic hydroxyl groups excluding tert-OH is 2. The van der Waals surface area contributed by atoms with E-state index in [1.165, 1.54) is 0 Å². The van der Waals surface area contributed by atoms with Crippen molar-refractivity contribution >= 4 is 11.6 Å². The Balaban J connectivity index is 1.25. The molecule has 0 radical (unpaired) electrons. The fourth-order valence-electron chi connectivity index (χ4n) is 10.9. The number of amides is 1. The Bertz CT molecular complexity index is 2550. The lowest BCUT2D eigenvalue weighted by molar-refractivity contribution is -0.255. The van der Waals surface area contributed by atoms with Crippen molar-refractivity contribution in [2.75, 3.05) is 33.2 Å². The van der Waals surface area contributed by atoms with Crippen molar-refractivity contribution in [3.8, 4) is 29.1 Å². The number of allylic oxidation sites excluding steroid dienone is 1. The molecule has 2 aliphatic carbocycles. The number of hydrogen-bond donors (Lipinski definition) is 2. The van der Waals surface area contributed by atoms with Gasteiger partial charge >= 0.3 is 0 Å². The zero-order chi connectivity index (χ0) is 47.7. The van der Waals surface area contributed by atoms with Gasteiger partial charge in [-0.1, -0.05) is 42.3 Å². The second-order valence-electron chi connectivity index (χ2n) is 18.5. The summed E-state index contributed by atoms with van der Waals surface area (Å²) in [6.07, 6.45) is 10.7. The van der Waals surface area contributed by atoms with Gasteiger partial charge in [0.05, 0.1) is 42.2 Å². The quantitative estimate of drug-likeness (QED) is 0.0490. The fourth-order valence-corrected chi connectivity index (χ4v) is 10.9. The maximum absolute atomic E-state index is 15.6. The van der Waals surface area contributed by atoms with Crippen LogP contribution >= 0.6 is 0 Å². The largest absolute Gasteiger partial charge is 0.487 e. The summed E-state index contributed by atoms with van der Waals surface area (Å²) in [6.45, 7) is 7.37. The van der Waals surface area contributed by atoms with Crippen LogP contribution in [-0.4, -0.2) is 83.1 Å². The minimum Gasteiger partial charge on any atom is -0.487 e. The van der Waals surface area contributed by atoms with Gasteiger partial charge in [0.15, 0.2) is 11.5 Å². The van der Waals surface area contributed by atoms with E-state index in [0.717, 1.165) is 66.6 Å². The van der Waals surface area contributed by atoms with Crippen LogP contribution in [-0.2, 0) is 27.5 Å². The molecular formula is C55H62N4O10. The van der Waals surface area contributed by atoms with Crippen molar-refractivity contribution in [2.45, 2.75) is 108 Å². The number of aryl methyl sites for hydroxylation is 1. The Kier molecular flexibility index (Phi) is 15.3. The number of pyridine rings is 1. The topological polar surface area (TPSA) is 174 Å². The number of benzene rings is 3. The van der Waals surface area contributed by atoms with E-state index >= 15 is 4.79 Å². The first-order chi connectivity index (χ1) is 33.8. The molecule has 5 aliphatic rings. The highest BCUT2D eigenvalue weighted by Gasteiger charge is 2.65. The number of nitriles is 1. The third kappa shape index (κ3) is 10.4. The molecule has 9 rings (SSSR count). The number of nitrogens with zero attached hydrogens (tertiary/aromatic N) is 4. The van der Waals surface area contributed by atoms with Crippen LogP contribution in [0.15, 0.2) is 108 Å². The lowest BCUT2D eigenvalue weighted by atomic mass is 9.55. The predicted octanol–water partition coefficient (Wildman–Crippen LogP) is 9.07. The number of rotatable bonds is 20. The van der Waals surface area contributed by atoms with E-state index in [0.29, 0.717) is 65.7 Å². The normalized spacial score (nSPS) is 24.8. The van der Waals surface area contributed by atoms with Crippen LogP contribution in [0.1, 0.15) is 109 Å². The van der Waals surface area contributed by atoms with Gasteiger partial charge < -0.3 is 48.4 Å². The zero-order valence-corrected chi connectivity index (χ0v) is 39.3. The molecule has 14 nitrogen and oxygen atoms in total. The Hall–Kier alpha value is -6.24. The van der Waals surface area contributed by atoms with Crippen molar-refractivity contribution in [3.63, 3.8) is 0 Å². The standard InChI is InChI=1S/C55H62N4O10/c1-3-26-67-55-50(59(54(62)39-19-16-37(32-56)17-20-39)33-38-18-22-48-49(28-38)66-35-65-48)31-46(58-69-51-15-6-9-27-63-51)44-29-40(12-4-7-24-60)43(14-5-8-25-61)52(53(44)55)45-30-42(21-23-47(45)68-55)64-34-41-13-10-11-36(2)57-41/h3,10-11,13,16-23,28-30,40,43,50-53,60-61H,1,4-9,12,14-15,24-27,31,33-35H2,2H3/t40-,43+,50-,51?,52+,53+,55+/m0/s1. The number of carbonyl (C=O) groups excluding carboxylic acids is 1. The molecule has 0 spiro atoms. The van der Waals surface area contributed by atoms with Gasteiger partial charge in [0.2, 0.25) is 18.9 Å². The minimum absolute atomic E-state index is 0.00571. The highest BCUT2D eigenvalue weighted by Crippen LogP contribution is 2.62. The molecule has 69 heavy (non-hydrogen) atoms. The lowest BCUT2D eigenvalue weighted by Crippen LogP contribution is -2.70. The van der Waals surface area contributed by atoms with Crippen LogP contribution in [0.5, 0.6) is 23.0 Å². The number of ether oxygens (including phenoxy) is 6. The molecule has 3 aromatic carbocycles. The highest BCUT2D eigenvalue weighted by atomic mass is 16.8. The lowest BCUT2D eigenvalue weighted by Gasteiger charge is -2.60. The second kappa shape index (κ2) is 22.0. The second-order valence-corrected chi connectivity index (χ2v) is 18.5. The Morgan fingerprint density at radius 2 is 1.80 bits per heavy atom. The monoisotopic (exact) mass is 938 g/mol. The Morgan fingerprint density at radius 3 is 2.57 bits per heavy atom. The number of oxime groups is 1. The zero-order valence-electron chi connectivity index (χ0n) is 39.3.